The summed E-state index contributed by atoms with van der Waals surface area (Å²) in [5, 5.41) is 2.40. The van der Waals surface area contributed by atoms with Gasteiger partial charge in [0.1, 0.15) is 0 Å². The minimum atomic E-state index is 1.13. The maximum absolute atomic E-state index is 2.42. The first kappa shape index (κ1) is 22.1. The lowest BCUT2D eigenvalue weighted by atomic mass is 9.95. The molecular weight excluding hydrogens is 460 g/mol. The van der Waals surface area contributed by atoms with Crippen molar-refractivity contribution in [3.05, 3.63) is 173 Å². The number of nitrogens with zero attached hydrogens (tertiary/aromatic N) is 2. The number of hydrogen-bond donors (Lipinski definition) is 0. The van der Waals surface area contributed by atoms with Gasteiger partial charge in [0, 0.05) is 28.0 Å². The van der Waals surface area contributed by atoms with Crippen LogP contribution in [0.25, 0.3) is 17.3 Å². The highest BCUT2D eigenvalue weighted by Crippen LogP contribution is 2.41. The van der Waals surface area contributed by atoms with E-state index in [9.17, 15) is 0 Å². The van der Waals surface area contributed by atoms with Gasteiger partial charge in [-0.15, -0.1) is 0 Å². The lowest BCUT2D eigenvalue weighted by Crippen LogP contribution is -2.33. The van der Waals surface area contributed by atoms with Crippen LogP contribution in [0.2, 0.25) is 0 Å². The molecule has 0 atom stereocenters. The standard InChI is InChI=1S/C36H26N2/c1-5-13-27(14-6-1)32-25-26-37(30-17-9-3-10-18-30)36-33(32)23-21-29-22-24-34(28-15-7-2-8-16-28)38(35(29)36)31-19-11-4-12-20-31/h1-26H. The topological polar surface area (TPSA) is 6.48 Å². The van der Waals surface area contributed by atoms with Gasteiger partial charge in [0.05, 0.1) is 17.1 Å². The molecule has 0 N–H and O–H groups in total. The zero-order valence-electron chi connectivity index (χ0n) is 20.9. The minimum absolute atomic E-state index is 1.13. The van der Waals surface area contributed by atoms with E-state index in [0.717, 1.165) is 17.1 Å². The maximum Gasteiger partial charge on any atom is 0.0783 e. The number of rotatable bonds is 4. The van der Waals surface area contributed by atoms with Crippen molar-refractivity contribution in [1.82, 2.24) is 0 Å². The van der Waals surface area contributed by atoms with Crippen LogP contribution < -0.4 is 20.2 Å². The van der Waals surface area contributed by atoms with Gasteiger partial charge in [0.25, 0.3) is 0 Å². The fourth-order valence-electron chi connectivity index (χ4n) is 5.46. The molecule has 0 radical (unpaired) electrons. The summed E-state index contributed by atoms with van der Waals surface area (Å²) < 4.78 is 0. The maximum atomic E-state index is 2.42. The van der Waals surface area contributed by atoms with E-state index in [1.807, 2.05) is 0 Å². The third kappa shape index (κ3) is 3.75. The fraction of sp³-hybridized carbons (Fsp3) is 0. The Balaban J connectivity index is 1.58. The summed E-state index contributed by atoms with van der Waals surface area (Å²) in [6.45, 7) is 0. The van der Waals surface area contributed by atoms with E-state index in [1.165, 1.54) is 38.5 Å². The first-order valence-corrected chi connectivity index (χ1v) is 13.0. The van der Waals surface area contributed by atoms with Crippen LogP contribution in [0, 0.1) is 0 Å². The van der Waals surface area contributed by atoms with Crippen molar-refractivity contribution in [3.63, 3.8) is 0 Å². The Hall–Kier alpha value is -5.08. The molecule has 2 heteroatoms. The van der Waals surface area contributed by atoms with E-state index in [1.54, 1.807) is 0 Å². The lowest BCUT2D eigenvalue weighted by molar-refractivity contribution is 1.19. The van der Waals surface area contributed by atoms with Crippen LogP contribution in [0.4, 0.5) is 22.7 Å². The van der Waals surface area contributed by atoms with Crippen molar-refractivity contribution in [2.24, 2.45) is 0 Å². The number of benzene rings is 5. The van der Waals surface area contributed by atoms with Gasteiger partial charge in [-0.1, -0.05) is 115 Å². The molecule has 0 amide bonds. The van der Waals surface area contributed by atoms with E-state index < -0.39 is 0 Å². The van der Waals surface area contributed by atoms with Crippen LogP contribution in [0.5, 0.6) is 0 Å². The van der Waals surface area contributed by atoms with Crippen LogP contribution in [-0.2, 0) is 0 Å². The van der Waals surface area contributed by atoms with E-state index in [4.69, 9.17) is 0 Å². The highest BCUT2D eigenvalue weighted by molar-refractivity contribution is 6.00. The number of allylic oxidation sites excluding steroid dienone is 2. The number of para-hydroxylation sites is 2. The highest BCUT2D eigenvalue weighted by Gasteiger charge is 2.27. The number of hydrogen-bond acceptors (Lipinski definition) is 2. The third-order valence-electron chi connectivity index (χ3n) is 7.19. The zero-order valence-corrected chi connectivity index (χ0v) is 20.9. The van der Waals surface area contributed by atoms with Gasteiger partial charge in [0.2, 0.25) is 0 Å². The summed E-state index contributed by atoms with van der Waals surface area (Å²) in [6.07, 6.45) is 8.94. The Morgan fingerprint density at radius 2 is 1.03 bits per heavy atom. The Labute approximate surface area is 223 Å². The van der Waals surface area contributed by atoms with Crippen LogP contribution in [0.3, 0.4) is 0 Å². The molecule has 0 saturated carbocycles. The molecule has 5 aromatic carbocycles. The molecule has 0 bridgehead atoms. The Morgan fingerprint density at radius 3 is 1.68 bits per heavy atom. The van der Waals surface area contributed by atoms with Crippen molar-refractivity contribution in [3.8, 4) is 0 Å². The van der Waals surface area contributed by atoms with E-state index in [2.05, 4.69) is 168 Å². The Morgan fingerprint density at radius 1 is 0.447 bits per heavy atom. The van der Waals surface area contributed by atoms with Gasteiger partial charge in [-0.3, -0.25) is 0 Å². The molecule has 0 saturated heterocycles. The predicted molar refractivity (Wildman–Crippen MR) is 160 cm³/mol. The molecule has 38 heavy (non-hydrogen) atoms. The van der Waals surface area contributed by atoms with Crippen molar-refractivity contribution in [2.45, 2.75) is 0 Å². The Kier molecular flexibility index (Phi) is 5.49. The largest absolute Gasteiger partial charge is 0.315 e. The normalized spacial score (nSPS) is 13.9. The summed E-state index contributed by atoms with van der Waals surface area (Å²) in [5.41, 5.74) is 9.39. The molecule has 2 nitrogen and oxygen atoms in total. The van der Waals surface area contributed by atoms with Crippen molar-refractivity contribution in [2.75, 3.05) is 9.80 Å². The average molecular weight is 487 g/mol. The summed E-state index contributed by atoms with van der Waals surface area (Å²) in [6, 6.07) is 47.2. The minimum Gasteiger partial charge on any atom is -0.315 e. The molecule has 7 rings (SSSR count). The lowest BCUT2D eigenvalue weighted by Gasteiger charge is -2.36. The van der Waals surface area contributed by atoms with Crippen molar-refractivity contribution >= 4 is 40.1 Å². The first-order chi connectivity index (χ1) is 18.9. The van der Waals surface area contributed by atoms with Gasteiger partial charge >= 0.3 is 0 Å². The van der Waals surface area contributed by atoms with Crippen molar-refractivity contribution in [1.29, 1.82) is 0 Å². The molecule has 0 unspecified atom stereocenters. The van der Waals surface area contributed by atoms with Crippen LogP contribution >= 0.6 is 0 Å². The highest BCUT2D eigenvalue weighted by atomic mass is 15.2. The molecule has 0 aliphatic carbocycles. The summed E-state index contributed by atoms with van der Waals surface area (Å²) in [7, 11) is 0. The summed E-state index contributed by atoms with van der Waals surface area (Å²) >= 11 is 0. The molecule has 0 aromatic heterocycles. The molecule has 2 aliphatic rings. The average Bonchev–Trinajstić information content (AvgIpc) is 3.01. The summed E-state index contributed by atoms with van der Waals surface area (Å²) in [4.78, 5) is 4.75. The van der Waals surface area contributed by atoms with E-state index in [-0.39, 0.29) is 0 Å². The smallest absolute Gasteiger partial charge is 0.0783 e. The van der Waals surface area contributed by atoms with Gasteiger partial charge in [-0.2, -0.15) is 0 Å². The second kappa shape index (κ2) is 9.42. The van der Waals surface area contributed by atoms with Crippen LogP contribution in [-0.4, -0.2) is 0 Å². The second-order valence-corrected chi connectivity index (χ2v) is 9.46. The molecular formula is C36H26N2. The van der Waals surface area contributed by atoms with Gasteiger partial charge < -0.3 is 9.80 Å². The molecule has 2 heterocycles. The second-order valence-electron chi connectivity index (χ2n) is 9.46. The molecule has 180 valence electrons. The molecule has 2 aliphatic heterocycles. The Bertz CT molecular complexity index is 1790. The van der Waals surface area contributed by atoms with Gasteiger partial charge in [-0.05, 0) is 53.1 Å². The molecule has 0 spiro atoms. The molecule has 5 aromatic rings. The fourth-order valence-corrected chi connectivity index (χ4v) is 5.46. The van der Waals surface area contributed by atoms with Gasteiger partial charge in [0.15, 0.2) is 0 Å². The SMILES string of the molecule is C1=CN(c2ccccc2)c2c3c(ccc2=C1c1ccccc1)=CC=C(c1ccccc1)N3c1ccccc1. The van der Waals surface area contributed by atoms with Crippen molar-refractivity contribution < 1.29 is 0 Å². The quantitative estimate of drug-likeness (QED) is 0.259. The van der Waals surface area contributed by atoms with E-state index >= 15 is 0 Å². The monoisotopic (exact) mass is 486 g/mol. The predicted octanol–water partition coefficient (Wildman–Crippen LogP) is 7.52. The van der Waals surface area contributed by atoms with Gasteiger partial charge in [-0.25, -0.2) is 0 Å². The molecule has 0 fully saturated rings. The third-order valence-corrected chi connectivity index (χ3v) is 7.19. The zero-order chi connectivity index (χ0) is 25.3. The van der Waals surface area contributed by atoms with Crippen LogP contribution in [0.15, 0.2) is 152 Å². The van der Waals surface area contributed by atoms with E-state index in [0.29, 0.717) is 0 Å². The van der Waals surface area contributed by atoms with Crippen LogP contribution in [0.1, 0.15) is 11.1 Å². The first-order valence-electron chi connectivity index (χ1n) is 13.0. The number of fused-ring (bicyclic) bond motifs is 3. The summed E-state index contributed by atoms with van der Waals surface area (Å²) in [5.74, 6) is 0. The number of anilines is 4.